The molecule has 0 atom stereocenters. The van der Waals surface area contributed by atoms with Gasteiger partial charge in [0, 0.05) is 36.8 Å². The molecule has 158 valence electrons. The Morgan fingerprint density at radius 3 is 2.66 bits per heavy atom. The van der Waals surface area contributed by atoms with E-state index in [0.717, 1.165) is 42.3 Å². The predicted octanol–water partition coefficient (Wildman–Crippen LogP) is 1.49. The van der Waals surface area contributed by atoms with Gasteiger partial charge in [-0.2, -0.15) is 22.4 Å². The summed E-state index contributed by atoms with van der Waals surface area (Å²) in [5.74, 6) is 0.732. The molecule has 2 aromatic rings. The van der Waals surface area contributed by atoms with Crippen LogP contribution in [0.5, 0.6) is 11.8 Å². The third kappa shape index (κ3) is 4.95. The Labute approximate surface area is 170 Å². The fourth-order valence-electron chi connectivity index (χ4n) is 3.69. The van der Waals surface area contributed by atoms with E-state index in [-0.39, 0.29) is 12.1 Å². The van der Waals surface area contributed by atoms with Gasteiger partial charge in [-0.1, -0.05) is 0 Å². The number of hydrogen-bond acceptors (Lipinski definition) is 7. The van der Waals surface area contributed by atoms with E-state index in [1.807, 2.05) is 18.2 Å². The molecule has 0 spiro atoms. The summed E-state index contributed by atoms with van der Waals surface area (Å²) in [5, 5.41) is 0.916. The lowest BCUT2D eigenvalue weighted by Gasteiger charge is -2.32. The molecular formula is C19H26N4O5S. The van der Waals surface area contributed by atoms with Crippen molar-refractivity contribution < 1.29 is 22.6 Å². The van der Waals surface area contributed by atoms with Crippen molar-refractivity contribution in [1.29, 1.82) is 0 Å². The van der Waals surface area contributed by atoms with Crippen molar-refractivity contribution in [2.45, 2.75) is 37.8 Å². The highest BCUT2D eigenvalue weighted by atomic mass is 32.2. The van der Waals surface area contributed by atoms with E-state index >= 15 is 0 Å². The number of ether oxygens (including phenoxy) is 3. The van der Waals surface area contributed by atoms with Crippen LogP contribution < -0.4 is 14.2 Å². The van der Waals surface area contributed by atoms with Gasteiger partial charge < -0.3 is 14.2 Å². The maximum atomic E-state index is 12.5. The molecular weight excluding hydrogens is 396 g/mol. The molecule has 0 bridgehead atoms. The average Bonchev–Trinajstić information content (AvgIpc) is 2.75. The van der Waals surface area contributed by atoms with E-state index in [9.17, 15) is 8.42 Å². The Morgan fingerprint density at radius 1 is 1.17 bits per heavy atom. The average molecular weight is 423 g/mol. The van der Waals surface area contributed by atoms with Gasteiger partial charge in [0.15, 0.2) is 0 Å². The van der Waals surface area contributed by atoms with Gasteiger partial charge >= 0.3 is 6.01 Å². The second kappa shape index (κ2) is 8.78. The number of nitrogens with zero attached hydrogens (tertiary/aromatic N) is 3. The first-order chi connectivity index (χ1) is 14.0. The van der Waals surface area contributed by atoms with Gasteiger partial charge in [-0.15, -0.1) is 0 Å². The minimum Gasteiger partial charge on any atom is -0.497 e. The van der Waals surface area contributed by atoms with Crippen LogP contribution in [0.15, 0.2) is 24.4 Å². The number of aromatic nitrogens is 2. The standard InChI is InChI=1S/C19H26N4O5S/c1-26-17-5-2-14-13-20-19(21-18(14)12-17)28-16-6-3-15(4-7-16)22-29(24,25)23-8-10-27-11-9-23/h2,5,12-13,15-16,22H,3-4,6-11H2,1H3. The molecule has 1 aromatic heterocycles. The smallest absolute Gasteiger partial charge is 0.317 e. The highest BCUT2D eigenvalue weighted by molar-refractivity contribution is 7.87. The summed E-state index contributed by atoms with van der Waals surface area (Å²) < 4.78 is 45.7. The number of fused-ring (bicyclic) bond motifs is 1. The molecule has 2 aliphatic rings. The molecule has 10 heteroatoms. The number of hydrogen-bond donors (Lipinski definition) is 1. The molecule has 1 aromatic carbocycles. The van der Waals surface area contributed by atoms with Gasteiger partial charge in [0.25, 0.3) is 10.2 Å². The summed E-state index contributed by atoms with van der Waals surface area (Å²) in [6.07, 6.45) is 4.64. The molecule has 1 saturated heterocycles. The first-order valence-electron chi connectivity index (χ1n) is 9.86. The molecule has 29 heavy (non-hydrogen) atoms. The molecule has 0 radical (unpaired) electrons. The van der Waals surface area contributed by atoms with Crippen molar-refractivity contribution in [2.75, 3.05) is 33.4 Å². The van der Waals surface area contributed by atoms with Gasteiger partial charge in [-0.05, 0) is 37.8 Å². The van der Waals surface area contributed by atoms with Crippen molar-refractivity contribution in [3.05, 3.63) is 24.4 Å². The van der Waals surface area contributed by atoms with Gasteiger partial charge in [-0.25, -0.2) is 4.98 Å². The third-order valence-corrected chi connectivity index (χ3v) is 7.02. The van der Waals surface area contributed by atoms with Crippen molar-refractivity contribution >= 4 is 21.1 Å². The third-order valence-electron chi connectivity index (χ3n) is 5.34. The maximum absolute atomic E-state index is 12.5. The predicted molar refractivity (Wildman–Crippen MR) is 107 cm³/mol. The van der Waals surface area contributed by atoms with E-state index < -0.39 is 10.2 Å². The lowest BCUT2D eigenvalue weighted by Crippen LogP contribution is -2.50. The van der Waals surface area contributed by atoms with Crippen LogP contribution in [0, 0.1) is 0 Å². The van der Waals surface area contributed by atoms with Crippen LogP contribution in [0.4, 0.5) is 0 Å². The van der Waals surface area contributed by atoms with E-state index in [1.165, 1.54) is 4.31 Å². The van der Waals surface area contributed by atoms with Crippen LogP contribution in [-0.4, -0.2) is 68.2 Å². The Bertz CT molecular complexity index is 941. The Morgan fingerprint density at radius 2 is 1.93 bits per heavy atom. The van der Waals surface area contributed by atoms with E-state index in [0.29, 0.717) is 32.3 Å². The molecule has 9 nitrogen and oxygen atoms in total. The highest BCUT2D eigenvalue weighted by Gasteiger charge is 2.30. The van der Waals surface area contributed by atoms with E-state index in [2.05, 4.69) is 14.7 Å². The largest absolute Gasteiger partial charge is 0.497 e. The molecule has 1 N–H and O–H groups in total. The topological polar surface area (TPSA) is 103 Å². The second-order valence-corrected chi connectivity index (χ2v) is 9.01. The molecule has 2 heterocycles. The van der Waals surface area contributed by atoms with Crippen molar-refractivity contribution in [1.82, 2.24) is 19.0 Å². The molecule has 1 aliphatic heterocycles. The van der Waals surface area contributed by atoms with Gasteiger partial charge in [-0.3, -0.25) is 0 Å². The summed E-state index contributed by atoms with van der Waals surface area (Å²) in [6, 6.07) is 5.88. The van der Waals surface area contributed by atoms with Crippen molar-refractivity contribution in [3.63, 3.8) is 0 Å². The Kier molecular flexibility index (Phi) is 6.14. The summed E-state index contributed by atoms with van der Waals surface area (Å²) in [7, 11) is -1.85. The first-order valence-corrected chi connectivity index (χ1v) is 11.3. The lowest BCUT2D eigenvalue weighted by atomic mass is 9.94. The number of nitrogens with one attached hydrogen (secondary N) is 1. The van der Waals surface area contributed by atoms with Crippen LogP contribution in [0.2, 0.25) is 0 Å². The second-order valence-electron chi connectivity index (χ2n) is 7.30. The fraction of sp³-hybridized carbons (Fsp3) is 0.579. The van der Waals surface area contributed by atoms with E-state index in [1.54, 1.807) is 13.3 Å². The number of benzene rings is 1. The molecule has 1 saturated carbocycles. The van der Waals surface area contributed by atoms with Crippen LogP contribution in [0.25, 0.3) is 10.9 Å². The van der Waals surface area contributed by atoms with Crippen LogP contribution in [0.3, 0.4) is 0 Å². The van der Waals surface area contributed by atoms with Gasteiger partial charge in [0.05, 0.1) is 25.8 Å². The molecule has 0 amide bonds. The van der Waals surface area contributed by atoms with Crippen molar-refractivity contribution in [3.8, 4) is 11.8 Å². The molecule has 1 aliphatic carbocycles. The minimum atomic E-state index is -3.46. The minimum absolute atomic E-state index is 0.0257. The zero-order valence-corrected chi connectivity index (χ0v) is 17.2. The lowest BCUT2D eigenvalue weighted by molar-refractivity contribution is 0.0719. The van der Waals surface area contributed by atoms with Gasteiger partial charge in [0.2, 0.25) is 0 Å². The molecule has 4 rings (SSSR count). The SMILES string of the molecule is COc1ccc2cnc(OC3CCC(NS(=O)(=O)N4CCOCC4)CC3)nc2c1. The quantitative estimate of drug-likeness (QED) is 0.752. The van der Waals surface area contributed by atoms with Crippen LogP contribution in [0.1, 0.15) is 25.7 Å². The summed E-state index contributed by atoms with van der Waals surface area (Å²) in [6.45, 7) is 1.69. The zero-order valence-electron chi connectivity index (χ0n) is 16.4. The summed E-state index contributed by atoms with van der Waals surface area (Å²) in [4.78, 5) is 8.77. The number of morpholine rings is 1. The monoisotopic (exact) mass is 422 g/mol. The van der Waals surface area contributed by atoms with Crippen molar-refractivity contribution in [2.24, 2.45) is 0 Å². The maximum Gasteiger partial charge on any atom is 0.317 e. The normalized spacial score (nSPS) is 23.8. The molecule has 2 fully saturated rings. The fourth-order valence-corrected chi connectivity index (χ4v) is 5.13. The number of methoxy groups -OCH3 is 1. The highest BCUT2D eigenvalue weighted by Crippen LogP contribution is 2.25. The summed E-state index contributed by atoms with van der Waals surface area (Å²) in [5.41, 5.74) is 0.765. The number of rotatable bonds is 6. The Balaban J connectivity index is 1.32. The summed E-state index contributed by atoms with van der Waals surface area (Å²) >= 11 is 0. The zero-order chi connectivity index (χ0) is 20.3. The van der Waals surface area contributed by atoms with E-state index in [4.69, 9.17) is 14.2 Å². The Hall–Kier alpha value is -2.01. The van der Waals surface area contributed by atoms with Crippen LogP contribution >= 0.6 is 0 Å². The molecule has 0 unspecified atom stereocenters. The first kappa shape index (κ1) is 20.3. The van der Waals surface area contributed by atoms with Crippen LogP contribution in [-0.2, 0) is 14.9 Å². The van der Waals surface area contributed by atoms with Gasteiger partial charge in [0.1, 0.15) is 11.9 Å².